The van der Waals surface area contributed by atoms with Crippen LogP contribution in [0.3, 0.4) is 0 Å². The van der Waals surface area contributed by atoms with E-state index >= 15 is 0 Å². The van der Waals surface area contributed by atoms with E-state index in [1.807, 2.05) is 0 Å². The Labute approximate surface area is 155 Å². The molecule has 3 unspecified atom stereocenters. The third-order valence-corrected chi connectivity index (χ3v) is 3.50. The SMILES string of the molecule is NC(=O)CC(N)C(=O)NC(CS)C(=O)NC(CCCN=C(N)N)C(=O)O. The number of nitrogens with one attached hydrogen (secondary N) is 2. The van der Waals surface area contributed by atoms with Crippen LogP contribution in [-0.4, -0.2) is 65.2 Å². The van der Waals surface area contributed by atoms with E-state index < -0.39 is 48.2 Å². The van der Waals surface area contributed by atoms with Gasteiger partial charge in [-0.15, -0.1) is 0 Å². The number of aliphatic imine (C=N–C) groups is 1. The van der Waals surface area contributed by atoms with Crippen molar-refractivity contribution in [1.82, 2.24) is 10.6 Å². The molecule has 0 aliphatic rings. The van der Waals surface area contributed by atoms with Crippen LogP contribution in [0, 0.1) is 0 Å². The summed E-state index contributed by atoms with van der Waals surface area (Å²) >= 11 is 3.95. The Morgan fingerprint density at radius 3 is 2.08 bits per heavy atom. The zero-order chi connectivity index (χ0) is 20.3. The van der Waals surface area contributed by atoms with Crippen molar-refractivity contribution in [2.75, 3.05) is 12.3 Å². The Kier molecular flexibility index (Phi) is 10.8. The summed E-state index contributed by atoms with van der Waals surface area (Å²) in [7, 11) is 0. The van der Waals surface area contributed by atoms with Crippen LogP contribution in [0.4, 0.5) is 0 Å². The third-order valence-electron chi connectivity index (χ3n) is 3.13. The highest BCUT2D eigenvalue weighted by molar-refractivity contribution is 7.80. The molecule has 0 saturated heterocycles. The fourth-order valence-electron chi connectivity index (χ4n) is 1.82. The molecule has 148 valence electrons. The monoisotopic (exact) mass is 391 g/mol. The number of carboxylic acids is 1. The van der Waals surface area contributed by atoms with E-state index in [1.54, 1.807) is 0 Å². The van der Waals surface area contributed by atoms with Crippen molar-refractivity contribution < 1.29 is 24.3 Å². The fraction of sp³-hybridized carbons (Fsp3) is 0.615. The molecule has 0 saturated carbocycles. The molecule has 13 heteroatoms. The van der Waals surface area contributed by atoms with Gasteiger partial charge in [0, 0.05) is 12.3 Å². The van der Waals surface area contributed by atoms with Gasteiger partial charge in [0.25, 0.3) is 0 Å². The zero-order valence-electron chi connectivity index (χ0n) is 14.1. The number of rotatable bonds is 12. The smallest absolute Gasteiger partial charge is 0.326 e. The number of nitrogens with zero attached hydrogens (tertiary/aromatic N) is 1. The molecule has 0 fully saturated rings. The third kappa shape index (κ3) is 9.68. The first-order chi connectivity index (χ1) is 12.1. The second kappa shape index (κ2) is 11.9. The number of guanidine groups is 1. The first-order valence-corrected chi connectivity index (χ1v) is 8.25. The van der Waals surface area contributed by atoms with Gasteiger partial charge in [-0.2, -0.15) is 12.6 Å². The maximum Gasteiger partial charge on any atom is 0.326 e. The number of nitrogens with two attached hydrogens (primary N) is 4. The van der Waals surface area contributed by atoms with Crippen molar-refractivity contribution in [3.8, 4) is 0 Å². The number of carboxylic acid groups (broad SMARTS) is 1. The van der Waals surface area contributed by atoms with Crippen molar-refractivity contribution in [3.05, 3.63) is 0 Å². The van der Waals surface area contributed by atoms with E-state index in [-0.39, 0.29) is 24.7 Å². The highest BCUT2D eigenvalue weighted by atomic mass is 32.1. The van der Waals surface area contributed by atoms with Crippen LogP contribution >= 0.6 is 12.6 Å². The molecule has 0 aromatic carbocycles. The van der Waals surface area contributed by atoms with E-state index in [2.05, 4.69) is 28.3 Å². The lowest BCUT2D eigenvalue weighted by atomic mass is 10.1. The number of thiol groups is 1. The second-order valence-corrected chi connectivity index (χ2v) is 5.73. The summed E-state index contributed by atoms with van der Waals surface area (Å²) < 4.78 is 0. The maximum absolute atomic E-state index is 12.2. The number of hydrogen-bond donors (Lipinski definition) is 8. The predicted octanol–water partition coefficient (Wildman–Crippen LogP) is -3.77. The highest BCUT2D eigenvalue weighted by Crippen LogP contribution is 2.01. The number of carbonyl (C=O) groups excluding carboxylic acids is 3. The Hall–Kier alpha value is -2.54. The van der Waals surface area contributed by atoms with E-state index in [9.17, 15) is 24.3 Å². The summed E-state index contributed by atoms with van der Waals surface area (Å²) in [4.78, 5) is 49.7. The molecule has 0 heterocycles. The molecule has 0 radical (unpaired) electrons. The maximum atomic E-state index is 12.2. The van der Waals surface area contributed by atoms with E-state index in [1.165, 1.54) is 0 Å². The molecule has 0 aromatic rings. The van der Waals surface area contributed by atoms with Crippen LogP contribution in [0.25, 0.3) is 0 Å². The van der Waals surface area contributed by atoms with Gasteiger partial charge in [-0.05, 0) is 12.8 Å². The molecule has 0 spiro atoms. The summed E-state index contributed by atoms with van der Waals surface area (Å²) in [5, 5.41) is 13.8. The summed E-state index contributed by atoms with van der Waals surface area (Å²) in [6.45, 7) is 0.205. The van der Waals surface area contributed by atoms with Gasteiger partial charge in [0.2, 0.25) is 17.7 Å². The van der Waals surface area contributed by atoms with Crippen molar-refractivity contribution in [1.29, 1.82) is 0 Å². The largest absolute Gasteiger partial charge is 0.480 e. The number of aliphatic carboxylic acids is 1. The lowest BCUT2D eigenvalue weighted by Crippen LogP contribution is -2.55. The van der Waals surface area contributed by atoms with Gasteiger partial charge in [0.15, 0.2) is 5.96 Å². The van der Waals surface area contributed by atoms with Gasteiger partial charge in [-0.1, -0.05) is 0 Å². The van der Waals surface area contributed by atoms with Gasteiger partial charge in [-0.3, -0.25) is 19.4 Å². The van der Waals surface area contributed by atoms with E-state index in [0.717, 1.165) is 0 Å². The second-order valence-electron chi connectivity index (χ2n) is 5.37. The van der Waals surface area contributed by atoms with E-state index in [4.69, 9.17) is 22.9 Å². The van der Waals surface area contributed by atoms with Crippen molar-refractivity contribution in [2.24, 2.45) is 27.9 Å². The summed E-state index contributed by atoms with van der Waals surface area (Å²) in [5.41, 5.74) is 20.8. The minimum atomic E-state index is -1.25. The molecular formula is C13H25N7O5S. The zero-order valence-corrected chi connectivity index (χ0v) is 14.9. The predicted molar refractivity (Wildman–Crippen MR) is 97.0 cm³/mol. The molecular weight excluding hydrogens is 366 g/mol. The molecule has 0 aromatic heterocycles. The molecule has 0 rings (SSSR count). The Bertz CT molecular complexity index is 553. The topological polar surface area (TPSA) is 229 Å². The first-order valence-electron chi connectivity index (χ1n) is 7.62. The molecule has 0 bridgehead atoms. The van der Waals surface area contributed by atoms with Gasteiger partial charge < -0.3 is 38.7 Å². The molecule has 0 aliphatic carbocycles. The Balaban J connectivity index is 4.71. The Morgan fingerprint density at radius 1 is 1.04 bits per heavy atom. The molecule has 0 aliphatic heterocycles. The minimum absolute atomic E-state index is 0.0757. The van der Waals surface area contributed by atoms with Crippen LogP contribution in [0.5, 0.6) is 0 Å². The first kappa shape index (κ1) is 23.5. The summed E-state index contributed by atoms with van der Waals surface area (Å²) in [6.07, 6.45) is -0.00188. The molecule has 12 nitrogen and oxygen atoms in total. The lowest BCUT2D eigenvalue weighted by molar-refractivity contribution is -0.142. The molecule has 3 atom stereocenters. The summed E-state index contributed by atoms with van der Waals surface area (Å²) in [6, 6.07) is -3.56. The van der Waals surface area contributed by atoms with Gasteiger partial charge in [0.05, 0.1) is 12.5 Å². The minimum Gasteiger partial charge on any atom is -0.480 e. The van der Waals surface area contributed by atoms with Crippen LogP contribution in [-0.2, 0) is 19.2 Å². The van der Waals surface area contributed by atoms with Crippen molar-refractivity contribution in [3.63, 3.8) is 0 Å². The van der Waals surface area contributed by atoms with Gasteiger partial charge >= 0.3 is 5.97 Å². The normalized spacial score (nSPS) is 13.8. The number of carbonyl (C=O) groups is 4. The lowest BCUT2D eigenvalue weighted by Gasteiger charge is -2.21. The van der Waals surface area contributed by atoms with Gasteiger partial charge in [-0.25, -0.2) is 4.79 Å². The summed E-state index contributed by atoms with van der Waals surface area (Å²) in [5.74, 6) is -3.79. The highest BCUT2D eigenvalue weighted by Gasteiger charge is 2.27. The number of hydrogen-bond acceptors (Lipinski definition) is 7. The van der Waals surface area contributed by atoms with Crippen LogP contribution < -0.4 is 33.6 Å². The quantitative estimate of drug-likeness (QED) is 0.0710. The number of amides is 3. The van der Waals surface area contributed by atoms with Crippen molar-refractivity contribution >= 4 is 42.3 Å². The molecule has 3 amide bonds. The fourth-order valence-corrected chi connectivity index (χ4v) is 2.07. The molecule has 11 N–H and O–H groups in total. The standard InChI is InChI=1S/C13H25N7O5S/c14-6(4-9(15)21)10(22)20-8(5-26)11(23)19-7(12(24)25)2-1-3-18-13(16)17/h6-8,26H,1-5,14H2,(H2,15,21)(H,19,23)(H,20,22)(H,24,25)(H4,16,17,18). The van der Waals surface area contributed by atoms with Crippen LogP contribution in [0.1, 0.15) is 19.3 Å². The van der Waals surface area contributed by atoms with Crippen LogP contribution in [0.2, 0.25) is 0 Å². The number of primary amides is 1. The average molecular weight is 391 g/mol. The molecule has 26 heavy (non-hydrogen) atoms. The van der Waals surface area contributed by atoms with E-state index in [0.29, 0.717) is 6.42 Å². The van der Waals surface area contributed by atoms with Crippen molar-refractivity contribution in [2.45, 2.75) is 37.4 Å². The average Bonchev–Trinajstić information content (AvgIpc) is 2.53. The Morgan fingerprint density at radius 2 is 1.62 bits per heavy atom. The van der Waals surface area contributed by atoms with Crippen LogP contribution in [0.15, 0.2) is 4.99 Å². The van der Waals surface area contributed by atoms with Gasteiger partial charge in [0.1, 0.15) is 12.1 Å².